The van der Waals surface area contributed by atoms with Crippen LogP contribution < -0.4 is 4.74 Å². The maximum Gasteiger partial charge on any atom is 0.258 e. The van der Waals surface area contributed by atoms with Gasteiger partial charge in [0.25, 0.3) is 5.88 Å². The van der Waals surface area contributed by atoms with Crippen molar-refractivity contribution in [2.45, 2.75) is 20.5 Å². The molecule has 0 aliphatic rings. The third-order valence-corrected chi connectivity index (χ3v) is 3.18. The average Bonchev–Trinajstić information content (AvgIpc) is 3.09. The Bertz CT molecular complexity index is 861. The predicted octanol–water partition coefficient (Wildman–Crippen LogP) is 2.26. The molecule has 0 aliphatic carbocycles. The van der Waals surface area contributed by atoms with E-state index in [0.717, 1.165) is 6.07 Å². The third-order valence-electron chi connectivity index (χ3n) is 3.18. The van der Waals surface area contributed by atoms with E-state index in [2.05, 4.69) is 20.7 Å². The first-order chi connectivity index (χ1) is 11.0. The maximum atomic E-state index is 13.5. The van der Waals surface area contributed by atoms with E-state index in [9.17, 15) is 13.2 Å². The molecule has 0 aliphatic heterocycles. The molecule has 7 nitrogen and oxygen atoms in total. The average molecular weight is 325 g/mol. The normalized spacial score (nSPS) is 11.0. The molecule has 0 unspecified atom stereocenters. The fourth-order valence-corrected chi connectivity index (χ4v) is 1.83. The second-order valence-electron chi connectivity index (χ2n) is 4.69. The minimum absolute atomic E-state index is 0.147. The number of hydrogen-bond donors (Lipinski definition) is 0. The van der Waals surface area contributed by atoms with Crippen LogP contribution in [0.1, 0.15) is 17.1 Å². The third kappa shape index (κ3) is 2.74. The molecule has 0 atom stereocenters. The van der Waals surface area contributed by atoms with Gasteiger partial charge in [0.15, 0.2) is 24.0 Å². The highest BCUT2D eigenvalue weighted by Crippen LogP contribution is 2.23. The number of ether oxygens (including phenoxy) is 1. The lowest BCUT2D eigenvalue weighted by Gasteiger charge is -2.07. The van der Waals surface area contributed by atoms with E-state index in [1.54, 1.807) is 13.8 Å². The second-order valence-corrected chi connectivity index (χ2v) is 4.69. The number of aromatic nitrogens is 5. The lowest BCUT2D eigenvalue weighted by atomic mass is 10.3. The van der Waals surface area contributed by atoms with Gasteiger partial charge in [-0.2, -0.15) is 9.07 Å². The van der Waals surface area contributed by atoms with E-state index < -0.39 is 23.2 Å². The fourth-order valence-electron chi connectivity index (χ4n) is 1.83. The van der Waals surface area contributed by atoms with Crippen molar-refractivity contribution in [3.05, 3.63) is 46.7 Å². The van der Waals surface area contributed by atoms with Crippen LogP contribution in [0.5, 0.6) is 5.75 Å². The minimum Gasteiger partial charge on any atom is -0.482 e. The van der Waals surface area contributed by atoms with E-state index in [4.69, 9.17) is 9.26 Å². The number of tetrazole rings is 1. The summed E-state index contributed by atoms with van der Waals surface area (Å²) in [5.74, 6) is -3.76. The van der Waals surface area contributed by atoms with Crippen LogP contribution >= 0.6 is 0 Å². The molecule has 2 heterocycles. The van der Waals surface area contributed by atoms with Gasteiger partial charge in [-0.25, -0.2) is 8.78 Å². The summed E-state index contributed by atoms with van der Waals surface area (Å²) < 4.78 is 51.2. The zero-order valence-electron chi connectivity index (χ0n) is 12.0. The molecule has 120 valence electrons. The number of rotatable bonds is 4. The number of aryl methyl sites for hydroxylation is 1. The monoisotopic (exact) mass is 325 g/mol. The molecule has 0 amide bonds. The number of hydrogen-bond acceptors (Lipinski definition) is 6. The van der Waals surface area contributed by atoms with E-state index in [0.29, 0.717) is 17.3 Å². The zero-order valence-corrected chi connectivity index (χ0v) is 12.0. The Labute approximate surface area is 127 Å². The molecule has 1 aromatic carbocycles. The van der Waals surface area contributed by atoms with Crippen molar-refractivity contribution < 1.29 is 22.4 Å². The van der Waals surface area contributed by atoms with Gasteiger partial charge >= 0.3 is 0 Å². The van der Waals surface area contributed by atoms with Gasteiger partial charge in [0.2, 0.25) is 5.82 Å². The first-order valence-electron chi connectivity index (χ1n) is 6.45. The predicted molar refractivity (Wildman–Crippen MR) is 69.3 cm³/mol. The fraction of sp³-hybridized carbons (Fsp3) is 0.231. The van der Waals surface area contributed by atoms with Gasteiger partial charge < -0.3 is 9.26 Å². The summed E-state index contributed by atoms with van der Waals surface area (Å²) in [5, 5.41) is 14.7. The number of benzene rings is 1. The van der Waals surface area contributed by atoms with Crippen LogP contribution in [0, 0.1) is 31.3 Å². The Balaban J connectivity index is 1.86. The summed E-state index contributed by atoms with van der Waals surface area (Å²) in [6.45, 7) is 3.18. The molecule has 0 radical (unpaired) electrons. The van der Waals surface area contributed by atoms with E-state index in [-0.39, 0.29) is 18.3 Å². The van der Waals surface area contributed by atoms with E-state index in [1.807, 2.05) is 0 Å². The number of nitrogens with zero attached hydrogens (tertiary/aromatic N) is 5. The van der Waals surface area contributed by atoms with Crippen LogP contribution in [0.25, 0.3) is 5.88 Å². The highest BCUT2D eigenvalue weighted by Gasteiger charge is 2.18. The SMILES string of the molecule is Cc1noc(-n2nnnc2COc2cc(F)cc(F)c2F)c1C. The van der Waals surface area contributed by atoms with Crippen LogP contribution in [0.15, 0.2) is 16.7 Å². The molecule has 0 N–H and O–H groups in total. The van der Waals surface area contributed by atoms with Gasteiger partial charge in [0.1, 0.15) is 5.82 Å². The van der Waals surface area contributed by atoms with E-state index in [1.165, 1.54) is 4.68 Å². The molecule has 10 heteroatoms. The summed E-state index contributed by atoms with van der Waals surface area (Å²) in [7, 11) is 0. The Hall–Kier alpha value is -2.91. The zero-order chi connectivity index (χ0) is 16.6. The molecular formula is C13H10F3N5O2. The van der Waals surface area contributed by atoms with Gasteiger partial charge in [-0.05, 0) is 24.3 Å². The van der Waals surface area contributed by atoms with Gasteiger partial charge in [0, 0.05) is 17.7 Å². The summed E-state index contributed by atoms with van der Waals surface area (Å²) >= 11 is 0. The van der Waals surface area contributed by atoms with Crippen molar-refractivity contribution >= 4 is 0 Å². The Kier molecular flexibility index (Phi) is 3.72. The van der Waals surface area contributed by atoms with Crippen molar-refractivity contribution in [1.82, 2.24) is 25.4 Å². The smallest absolute Gasteiger partial charge is 0.258 e. The van der Waals surface area contributed by atoms with Crippen LogP contribution in [0.4, 0.5) is 13.2 Å². The molecule has 2 aromatic heterocycles. The van der Waals surface area contributed by atoms with E-state index >= 15 is 0 Å². The topological polar surface area (TPSA) is 78.9 Å². The lowest BCUT2D eigenvalue weighted by molar-refractivity contribution is 0.267. The summed E-state index contributed by atoms with van der Waals surface area (Å²) in [4.78, 5) is 0. The Morgan fingerprint density at radius 1 is 1.22 bits per heavy atom. The molecule has 0 spiro atoms. The molecule has 3 aromatic rings. The van der Waals surface area contributed by atoms with Crippen molar-refractivity contribution in [3.8, 4) is 11.6 Å². The van der Waals surface area contributed by atoms with Gasteiger partial charge in [-0.1, -0.05) is 5.16 Å². The molecule has 0 bridgehead atoms. The largest absolute Gasteiger partial charge is 0.482 e. The highest BCUT2D eigenvalue weighted by molar-refractivity contribution is 5.32. The van der Waals surface area contributed by atoms with Crippen LogP contribution in [0.2, 0.25) is 0 Å². The van der Waals surface area contributed by atoms with Crippen LogP contribution in [-0.4, -0.2) is 25.4 Å². The quantitative estimate of drug-likeness (QED) is 0.685. The summed E-state index contributed by atoms with van der Waals surface area (Å²) in [5.41, 5.74) is 1.36. The van der Waals surface area contributed by atoms with Crippen molar-refractivity contribution in [2.75, 3.05) is 0 Å². The van der Waals surface area contributed by atoms with Crippen LogP contribution in [0.3, 0.4) is 0 Å². The Morgan fingerprint density at radius 3 is 2.70 bits per heavy atom. The van der Waals surface area contributed by atoms with Crippen LogP contribution in [-0.2, 0) is 6.61 Å². The van der Waals surface area contributed by atoms with Gasteiger partial charge in [-0.3, -0.25) is 0 Å². The molecule has 3 rings (SSSR count). The molecule has 23 heavy (non-hydrogen) atoms. The first-order valence-corrected chi connectivity index (χ1v) is 6.45. The first kappa shape index (κ1) is 15.0. The van der Waals surface area contributed by atoms with Gasteiger partial charge in [-0.15, -0.1) is 5.10 Å². The standard InChI is InChI=1S/C13H10F3N5O2/c1-6-7(2)18-23-13(6)21-11(17-19-20-21)5-22-10-4-8(14)3-9(15)12(10)16/h3-4H,5H2,1-2H3. The second kappa shape index (κ2) is 5.71. The maximum absolute atomic E-state index is 13.5. The molecule has 0 fully saturated rings. The Morgan fingerprint density at radius 2 is 2.00 bits per heavy atom. The summed E-state index contributed by atoms with van der Waals surface area (Å²) in [6, 6.07) is 1.16. The highest BCUT2D eigenvalue weighted by atomic mass is 19.2. The van der Waals surface area contributed by atoms with Gasteiger partial charge in [0.05, 0.1) is 5.69 Å². The minimum atomic E-state index is -1.35. The van der Waals surface area contributed by atoms with Crippen molar-refractivity contribution in [1.29, 1.82) is 0 Å². The number of halogens is 3. The lowest BCUT2D eigenvalue weighted by Crippen LogP contribution is -2.08. The molecule has 0 saturated heterocycles. The van der Waals surface area contributed by atoms with Crippen molar-refractivity contribution in [3.63, 3.8) is 0 Å². The molecular weight excluding hydrogens is 315 g/mol. The molecule has 0 saturated carbocycles. The summed E-state index contributed by atoms with van der Waals surface area (Å²) in [6.07, 6.45) is 0. The van der Waals surface area contributed by atoms with Crippen molar-refractivity contribution in [2.24, 2.45) is 0 Å².